The Bertz CT molecular complexity index is 485. The van der Waals surface area contributed by atoms with E-state index in [9.17, 15) is 5.11 Å². The van der Waals surface area contributed by atoms with Gasteiger partial charge in [0, 0.05) is 30.2 Å². The van der Waals surface area contributed by atoms with Crippen LogP contribution in [0.25, 0.3) is 0 Å². The first-order valence-corrected chi connectivity index (χ1v) is 8.56. The molecular formula is C16H22O4S. The maximum absolute atomic E-state index is 9.47. The Labute approximate surface area is 129 Å². The van der Waals surface area contributed by atoms with Crippen LogP contribution in [0.15, 0.2) is 18.2 Å². The molecule has 5 heteroatoms. The van der Waals surface area contributed by atoms with E-state index in [-0.39, 0.29) is 18.3 Å². The quantitative estimate of drug-likeness (QED) is 0.926. The lowest BCUT2D eigenvalue weighted by Crippen LogP contribution is -2.43. The second-order valence-electron chi connectivity index (χ2n) is 5.70. The van der Waals surface area contributed by atoms with Gasteiger partial charge in [-0.3, -0.25) is 0 Å². The largest absolute Gasteiger partial charge is 0.497 e. The highest BCUT2D eigenvalue weighted by atomic mass is 32.2. The number of benzene rings is 1. The molecule has 0 bridgehead atoms. The van der Waals surface area contributed by atoms with Crippen molar-refractivity contribution in [2.24, 2.45) is 0 Å². The standard InChI is InChI=1S/C16H22O4S/c1-18-13-3-2-12(10-17)15(8-13)20-14-4-6-19-16(9-14)5-7-21-11-16/h2-3,8,14,17H,4-7,9-11H2,1H3. The number of aliphatic hydroxyl groups is 1. The number of thioether (sulfide) groups is 1. The number of rotatable bonds is 4. The maximum Gasteiger partial charge on any atom is 0.128 e. The molecule has 2 aliphatic rings. The Balaban J connectivity index is 1.73. The number of hydrogen-bond donors (Lipinski definition) is 1. The van der Waals surface area contributed by atoms with Crippen LogP contribution in [0.1, 0.15) is 24.8 Å². The van der Waals surface area contributed by atoms with Gasteiger partial charge in [-0.2, -0.15) is 11.8 Å². The van der Waals surface area contributed by atoms with E-state index in [1.807, 2.05) is 30.0 Å². The summed E-state index contributed by atoms with van der Waals surface area (Å²) in [6, 6.07) is 5.56. The molecule has 116 valence electrons. The topological polar surface area (TPSA) is 47.9 Å². The van der Waals surface area contributed by atoms with E-state index in [0.29, 0.717) is 0 Å². The second kappa shape index (κ2) is 6.46. The lowest BCUT2D eigenvalue weighted by atomic mass is 9.91. The monoisotopic (exact) mass is 310 g/mol. The average Bonchev–Trinajstić information content (AvgIpc) is 2.95. The SMILES string of the molecule is COc1ccc(CO)c(OC2CCOC3(CCSC3)C2)c1. The highest BCUT2D eigenvalue weighted by Crippen LogP contribution is 2.39. The van der Waals surface area contributed by atoms with Gasteiger partial charge >= 0.3 is 0 Å². The summed E-state index contributed by atoms with van der Waals surface area (Å²) in [5.74, 6) is 3.72. The number of ether oxygens (including phenoxy) is 3. The molecule has 2 unspecified atom stereocenters. The number of aliphatic hydroxyl groups excluding tert-OH is 1. The molecule has 2 fully saturated rings. The van der Waals surface area contributed by atoms with Gasteiger partial charge in [0.2, 0.25) is 0 Å². The summed E-state index contributed by atoms with van der Waals surface area (Å²) in [6.45, 7) is 0.729. The molecule has 0 aromatic heterocycles. The van der Waals surface area contributed by atoms with E-state index in [4.69, 9.17) is 14.2 Å². The molecule has 4 nitrogen and oxygen atoms in total. The summed E-state index contributed by atoms with van der Waals surface area (Å²) in [6.07, 6.45) is 3.09. The van der Waals surface area contributed by atoms with Crippen molar-refractivity contribution in [3.05, 3.63) is 23.8 Å². The molecule has 3 rings (SSSR count). The third-order valence-corrected chi connectivity index (χ3v) is 5.48. The molecule has 0 saturated carbocycles. The third kappa shape index (κ3) is 3.30. The molecule has 0 amide bonds. The highest BCUT2D eigenvalue weighted by molar-refractivity contribution is 7.99. The number of hydrogen-bond acceptors (Lipinski definition) is 5. The van der Waals surface area contributed by atoms with Crippen LogP contribution in [0.5, 0.6) is 11.5 Å². The lowest BCUT2D eigenvalue weighted by molar-refractivity contribution is -0.0961. The minimum Gasteiger partial charge on any atom is -0.497 e. The smallest absolute Gasteiger partial charge is 0.128 e. The van der Waals surface area contributed by atoms with Crippen molar-refractivity contribution in [3.63, 3.8) is 0 Å². The zero-order valence-electron chi connectivity index (χ0n) is 12.3. The fraction of sp³-hybridized carbons (Fsp3) is 0.625. The zero-order valence-corrected chi connectivity index (χ0v) is 13.2. The van der Waals surface area contributed by atoms with E-state index in [0.717, 1.165) is 48.7 Å². The average molecular weight is 310 g/mol. The van der Waals surface area contributed by atoms with E-state index in [1.54, 1.807) is 7.11 Å². The van der Waals surface area contributed by atoms with Crippen molar-refractivity contribution < 1.29 is 19.3 Å². The molecule has 0 radical (unpaired) electrons. The summed E-state index contributed by atoms with van der Waals surface area (Å²) < 4.78 is 17.4. The summed E-state index contributed by atoms with van der Waals surface area (Å²) in [7, 11) is 1.64. The molecular weight excluding hydrogens is 288 g/mol. The van der Waals surface area contributed by atoms with Crippen LogP contribution in [0.3, 0.4) is 0 Å². The van der Waals surface area contributed by atoms with Crippen LogP contribution < -0.4 is 9.47 Å². The van der Waals surface area contributed by atoms with E-state index in [2.05, 4.69) is 0 Å². The van der Waals surface area contributed by atoms with Crippen LogP contribution in [0.2, 0.25) is 0 Å². The van der Waals surface area contributed by atoms with Crippen molar-refractivity contribution in [3.8, 4) is 11.5 Å². The normalized spacial score (nSPS) is 28.8. The summed E-state index contributed by atoms with van der Waals surface area (Å²) in [4.78, 5) is 0. The van der Waals surface area contributed by atoms with Crippen molar-refractivity contribution in [2.75, 3.05) is 25.2 Å². The second-order valence-corrected chi connectivity index (χ2v) is 6.80. The highest BCUT2D eigenvalue weighted by Gasteiger charge is 2.41. The van der Waals surface area contributed by atoms with Crippen molar-refractivity contribution in [2.45, 2.75) is 37.6 Å². The first-order chi connectivity index (χ1) is 10.2. The first kappa shape index (κ1) is 15.0. The third-order valence-electron chi connectivity index (χ3n) is 4.25. The van der Waals surface area contributed by atoms with Gasteiger partial charge in [-0.15, -0.1) is 0 Å². The molecule has 2 atom stereocenters. The Hall–Kier alpha value is -0.910. The minimum absolute atomic E-state index is 0.00578. The summed E-state index contributed by atoms with van der Waals surface area (Å²) in [5.41, 5.74) is 0.809. The predicted octanol–water partition coefficient (Wildman–Crippen LogP) is 2.62. The Kier molecular flexibility index (Phi) is 4.62. The summed E-state index contributed by atoms with van der Waals surface area (Å²) >= 11 is 1.96. The van der Waals surface area contributed by atoms with Gasteiger partial charge in [0.25, 0.3) is 0 Å². The zero-order chi connectivity index (χ0) is 14.7. The predicted molar refractivity (Wildman–Crippen MR) is 83.2 cm³/mol. The molecule has 2 heterocycles. The summed E-state index contributed by atoms with van der Waals surface area (Å²) in [5, 5.41) is 9.47. The Morgan fingerprint density at radius 3 is 3.10 bits per heavy atom. The molecule has 2 aliphatic heterocycles. The molecule has 1 N–H and O–H groups in total. The van der Waals surface area contributed by atoms with Gasteiger partial charge in [0.1, 0.15) is 17.6 Å². The van der Waals surface area contributed by atoms with E-state index in [1.165, 1.54) is 5.75 Å². The minimum atomic E-state index is -0.0243. The first-order valence-electron chi connectivity index (χ1n) is 7.41. The van der Waals surface area contributed by atoms with Crippen molar-refractivity contribution in [1.29, 1.82) is 0 Å². The maximum atomic E-state index is 9.47. The Morgan fingerprint density at radius 2 is 2.38 bits per heavy atom. The van der Waals surface area contributed by atoms with Crippen LogP contribution >= 0.6 is 11.8 Å². The van der Waals surface area contributed by atoms with Gasteiger partial charge in [-0.25, -0.2) is 0 Å². The van der Waals surface area contributed by atoms with Gasteiger partial charge in [-0.1, -0.05) is 0 Å². The molecule has 1 aromatic carbocycles. The van der Waals surface area contributed by atoms with E-state index >= 15 is 0 Å². The van der Waals surface area contributed by atoms with Gasteiger partial charge in [0.05, 0.1) is 25.9 Å². The Morgan fingerprint density at radius 1 is 1.48 bits per heavy atom. The van der Waals surface area contributed by atoms with Gasteiger partial charge in [-0.05, 0) is 24.3 Å². The van der Waals surface area contributed by atoms with Crippen LogP contribution in [0, 0.1) is 0 Å². The molecule has 2 saturated heterocycles. The van der Waals surface area contributed by atoms with Crippen LogP contribution in [-0.2, 0) is 11.3 Å². The van der Waals surface area contributed by atoms with Crippen molar-refractivity contribution in [1.82, 2.24) is 0 Å². The molecule has 1 aromatic rings. The fourth-order valence-electron chi connectivity index (χ4n) is 3.03. The van der Waals surface area contributed by atoms with E-state index < -0.39 is 0 Å². The molecule has 0 aliphatic carbocycles. The van der Waals surface area contributed by atoms with Gasteiger partial charge in [0.15, 0.2) is 0 Å². The van der Waals surface area contributed by atoms with Crippen LogP contribution in [-0.4, -0.2) is 42.0 Å². The lowest BCUT2D eigenvalue weighted by Gasteiger charge is -2.37. The fourth-order valence-corrected chi connectivity index (χ4v) is 4.41. The molecule has 21 heavy (non-hydrogen) atoms. The van der Waals surface area contributed by atoms with Crippen molar-refractivity contribution >= 4 is 11.8 Å². The molecule has 1 spiro atoms. The number of methoxy groups -OCH3 is 1. The van der Waals surface area contributed by atoms with Gasteiger partial charge < -0.3 is 19.3 Å². The van der Waals surface area contributed by atoms with Crippen LogP contribution in [0.4, 0.5) is 0 Å².